The van der Waals surface area contributed by atoms with E-state index >= 15 is 0 Å². The number of hydrogen-bond donors (Lipinski definition) is 1. The highest BCUT2D eigenvalue weighted by molar-refractivity contribution is 5.70. The van der Waals surface area contributed by atoms with Crippen LogP contribution in [-0.2, 0) is 17.8 Å². The molecule has 0 aliphatic carbocycles. The van der Waals surface area contributed by atoms with Crippen LogP contribution in [0.4, 0.5) is 0 Å². The molecule has 0 aromatic heterocycles. The second-order valence-corrected chi connectivity index (χ2v) is 4.21. The standard InChI is InChI=1S/C14H21NO2/c1-3-9-15(4-2)11-13-8-6-5-7-12(13)10-14(16)17/h5-8H,3-4,9-11H2,1-2H3,(H,16,17). The van der Waals surface area contributed by atoms with Crippen LogP contribution >= 0.6 is 0 Å². The van der Waals surface area contributed by atoms with Crippen LogP contribution < -0.4 is 0 Å². The van der Waals surface area contributed by atoms with Gasteiger partial charge in [0.1, 0.15) is 0 Å². The van der Waals surface area contributed by atoms with Crippen molar-refractivity contribution in [2.24, 2.45) is 0 Å². The van der Waals surface area contributed by atoms with E-state index in [1.807, 2.05) is 24.3 Å². The Kier molecular flexibility index (Phi) is 5.70. The molecule has 0 spiro atoms. The lowest BCUT2D eigenvalue weighted by Gasteiger charge is -2.21. The first-order valence-electron chi connectivity index (χ1n) is 6.18. The van der Waals surface area contributed by atoms with Gasteiger partial charge in [-0.2, -0.15) is 0 Å². The maximum absolute atomic E-state index is 10.8. The van der Waals surface area contributed by atoms with Crippen molar-refractivity contribution in [1.29, 1.82) is 0 Å². The van der Waals surface area contributed by atoms with Crippen LogP contribution in [0.1, 0.15) is 31.4 Å². The van der Waals surface area contributed by atoms with Crippen molar-refractivity contribution >= 4 is 5.97 Å². The van der Waals surface area contributed by atoms with Crippen LogP contribution in [0.2, 0.25) is 0 Å². The van der Waals surface area contributed by atoms with Crippen LogP contribution in [0.5, 0.6) is 0 Å². The average molecular weight is 235 g/mol. The Morgan fingerprint density at radius 1 is 1.24 bits per heavy atom. The zero-order valence-electron chi connectivity index (χ0n) is 10.6. The Bertz CT molecular complexity index is 363. The van der Waals surface area contributed by atoms with Gasteiger partial charge in [-0.05, 0) is 30.6 Å². The van der Waals surface area contributed by atoms with E-state index in [4.69, 9.17) is 5.11 Å². The fourth-order valence-electron chi connectivity index (χ4n) is 1.95. The van der Waals surface area contributed by atoms with Gasteiger partial charge in [0.15, 0.2) is 0 Å². The molecule has 0 fully saturated rings. The van der Waals surface area contributed by atoms with Crippen LogP contribution in [0.25, 0.3) is 0 Å². The van der Waals surface area contributed by atoms with Crippen LogP contribution in [0.3, 0.4) is 0 Å². The molecule has 0 radical (unpaired) electrons. The molecule has 0 bridgehead atoms. The number of rotatable bonds is 7. The van der Waals surface area contributed by atoms with E-state index in [2.05, 4.69) is 18.7 Å². The number of carbonyl (C=O) groups is 1. The highest BCUT2D eigenvalue weighted by Crippen LogP contribution is 2.12. The van der Waals surface area contributed by atoms with Gasteiger partial charge in [-0.3, -0.25) is 9.69 Å². The fourth-order valence-corrected chi connectivity index (χ4v) is 1.95. The molecule has 0 amide bonds. The largest absolute Gasteiger partial charge is 0.481 e. The lowest BCUT2D eigenvalue weighted by molar-refractivity contribution is -0.136. The van der Waals surface area contributed by atoms with Gasteiger partial charge in [-0.1, -0.05) is 38.1 Å². The number of hydrogen-bond acceptors (Lipinski definition) is 2. The first-order valence-corrected chi connectivity index (χ1v) is 6.18. The highest BCUT2D eigenvalue weighted by Gasteiger charge is 2.09. The van der Waals surface area contributed by atoms with Gasteiger partial charge in [-0.25, -0.2) is 0 Å². The zero-order valence-corrected chi connectivity index (χ0v) is 10.6. The summed E-state index contributed by atoms with van der Waals surface area (Å²) in [5, 5.41) is 8.87. The third kappa shape index (κ3) is 4.57. The monoisotopic (exact) mass is 235 g/mol. The molecule has 1 rings (SSSR count). The van der Waals surface area contributed by atoms with E-state index in [-0.39, 0.29) is 6.42 Å². The minimum absolute atomic E-state index is 0.111. The van der Waals surface area contributed by atoms with Gasteiger partial charge in [0.25, 0.3) is 0 Å². The Morgan fingerprint density at radius 3 is 2.41 bits per heavy atom. The van der Waals surface area contributed by atoms with Crippen molar-refractivity contribution in [3.05, 3.63) is 35.4 Å². The SMILES string of the molecule is CCCN(CC)Cc1ccccc1CC(=O)O. The molecule has 94 valence electrons. The summed E-state index contributed by atoms with van der Waals surface area (Å²) in [6, 6.07) is 7.80. The molecule has 0 saturated heterocycles. The third-order valence-corrected chi connectivity index (χ3v) is 2.84. The average Bonchev–Trinajstić information content (AvgIpc) is 2.30. The second kappa shape index (κ2) is 7.07. The van der Waals surface area contributed by atoms with E-state index < -0.39 is 5.97 Å². The van der Waals surface area contributed by atoms with Crippen LogP contribution in [0, 0.1) is 0 Å². The molecule has 1 N–H and O–H groups in total. The summed E-state index contributed by atoms with van der Waals surface area (Å²) >= 11 is 0. The molecule has 0 aliphatic rings. The normalized spacial score (nSPS) is 10.8. The van der Waals surface area contributed by atoms with Gasteiger partial charge in [0.05, 0.1) is 6.42 Å². The Labute approximate surface area is 103 Å². The summed E-state index contributed by atoms with van der Waals surface area (Å²) in [6.45, 7) is 7.18. The minimum Gasteiger partial charge on any atom is -0.481 e. The third-order valence-electron chi connectivity index (χ3n) is 2.84. The Morgan fingerprint density at radius 2 is 1.88 bits per heavy atom. The predicted octanol–water partition coefficient (Wildman–Crippen LogP) is 2.55. The maximum Gasteiger partial charge on any atom is 0.307 e. The Hall–Kier alpha value is -1.35. The van der Waals surface area contributed by atoms with Crippen molar-refractivity contribution in [2.45, 2.75) is 33.2 Å². The molecule has 0 unspecified atom stereocenters. The molecule has 3 heteroatoms. The van der Waals surface area contributed by atoms with Crippen LogP contribution in [-0.4, -0.2) is 29.1 Å². The van der Waals surface area contributed by atoms with Crippen molar-refractivity contribution < 1.29 is 9.90 Å². The fraction of sp³-hybridized carbons (Fsp3) is 0.500. The van der Waals surface area contributed by atoms with Crippen molar-refractivity contribution in [3.63, 3.8) is 0 Å². The van der Waals surface area contributed by atoms with E-state index in [1.54, 1.807) is 0 Å². The first-order chi connectivity index (χ1) is 8.17. The molecule has 0 aliphatic heterocycles. The second-order valence-electron chi connectivity index (χ2n) is 4.21. The van der Waals surface area contributed by atoms with Gasteiger partial charge >= 0.3 is 5.97 Å². The predicted molar refractivity (Wildman–Crippen MR) is 69.0 cm³/mol. The summed E-state index contributed by atoms with van der Waals surface area (Å²) in [5.41, 5.74) is 2.06. The molecule has 3 nitrogen and oxygen atoms in total. The molecule has 1 aromatic carbocycles. The molecule has 1 aromatic rings. The molecule has 0 saturated carbocycles. The van der Waals surface area contributed by atoms with Gasteiger partial charge in [0, 0.05) is 6.54 Å². The Balaban J connectivity index is 2.77. The zero-order chi connectivity index (χ0) is 12.7. The lowest BCUT2D eigenvalue weighted by atomic mass is 10.0. The van der Waals surface area contributed by atoms with Crippen LogP contribution in [0.15, 0.2) is 24.3 Å². The van der Waals surface area contributed by atoms with E-state index in [0.717, 1.165) is 37.2 Å². The van der Waals surface area contributed by atoms with E-state index in [0.29, 0.717) is 0 Å². The van der Waals surface area contributed by atoms with E-state index in [9.17, 15) is 4.79 Å². The molecular formula is C14H21NO2. The lowest BCUT2D eigenvalue weighted by Crippen LogP contribution is -2.24. The number of carboxylic acids is 1. The summed E-state index contributed by atoms with van der Waals surface area (Å²) in [6.07, 6.45) is 1.23. The summed E-state index contributed by atoms with van der Waals surface area (Å²) in [4.78, 5) is 13.1. The number of carboxylic acid groups (broad SMARTS) is 1. The van der Waals surface area contributed by atoms with Crippen molar-refractivity contribution in [1.82, 2.24) is 4.90 Å². The topological polar surface area (TPSA) is 40.5 Å². The molecular weight excluding hydrogens is 214 g/mol. The number of aliphatic carboxylic acids is 1. The number of nitrogens with zero attached hydrogens (tertiary/aromatic N) is 1. The van der Waals surface area contributed by atoms with Gasteiger partial charge < -0.3 is 5.11 Å². The van der Waals surface area contributed by atoms with Gasteiger partial charge in [0.2, 0.25) is 0 Å². The summed E-state index contributed by atoms with van der Waals surface area (Å²) in [5.74, 6) is -0.768. The molecule has 17 heavy (non-hydrogen) atoms. The summed E-state index contributed by atoms with van der Waals surface area (Å²) < 4.78 is 0. The summed E-state index contributed by atoms with van der Waals surface area (Å²) in [7, 11) is 0. The van der Waals surface area contributed by atoms with Crippen molar-refractivity contribution in [3.8, 4) is 0 Å². The quantitative estimate of drug-likeness (QED) is 0.789. The maximum atomic E-state index is 10.8. The minimum atomic E-state index is -0.768. The smallest absolute Gasteiger partial charge is 0.307 e. The molecule has 0 atom stereocenters. The highest BCUT2D eigenvalue weighted by atomic mass is 16.4. The van der Waals surface area contributed by atoms with Gasteiger partial charge in [-0.15, -0.1) is 0 Å². The van der Waals surface area contributed by atoms with E-state index in [1.165, 1.54) is 0 Å². The molecule has 0 heterocycles. The van der Waals surface area contributed by atoms with Crippen molar-refractivity contribution in [2.75, 3.05) is 13.1 Å². The first kappa shape index (κ1) is 13.7. The number of benzene rings is 1.